The molecular formula is C17H20N4O2S. The summed E-state index contributed by atoms with van der Waals surface area (Å²) < 4.78 is 30.3. The first kappa shape index (κ1) is 15.5. The largest absolute Gasteiger partial charge is 0.248 e. The minimum Gasteiger partial charge on any atom is -0.248 e. The molecule has 2 aromatic rings. The lowest BCUT2D eigenvalue weighted by molar-refractivity contribution is 0.400. The average Bonchev–Trinajstić information content (AvgIpc) is 2.95. The summed E-state index contributed by atoms with van der Waals surface area (Å²) >= 11 is 0. The molecule has 6 nitrogen and oxygen atoms in total. The van der Waals surface area contributed by atoms with Crippen LogP contribution < -0.4 is 4.72 Å². The van der Waals surface area contributed by atoms with E-state index in [0.29, 0.717) is 17.2 Å². The molecule has 0 spiro atoms. The Morgan fingerprint density at radius 1 is 1.25 bits per heavy atom. The number of nitrogens with one attached hydrogen (secondary N) is 1. The maximum Gasteiger partial charge on any atom is 0.237 e. The van der Waals surface area contributed by atoms with E-state index >= 15 is 0 Å². The van der Waals surface area contributed by atoms with Gasteiger partial charge >= 0.3 is 0 Å². The van der Waals surface area contributed by atoms with Gasteiger partial charge < -0.3 is 0 Å². The Hall–Kier alpha value is -1.99. The van der Waals surface area contributed by atoms with Crippen LogP contribution in [0.1, 0.15) is 48.1 Å². The van der Waals surface area contributed by atoms with Gasteiger partial charge in [-0.25, -0.2) is 22.8 Å². The summed E-state index contributed by atoms with van der Waals surface area (Å²) in [5, 5.41) is 4.33. The zero-order valence-electron chi connectivity index (χ0n) is 13.6. The number of rotatable bonds is 3. The van der Waals surface area contributed by atoms with Crippen LogP contribution in [0.4, 0.5) is 0 Å². The molecule has 1 aromatic heterocycles. The third-order valence-electron chi connectivity index (χ3n) is 4.64. The normalized spacial score (nSPS) is 20.2. The molecule has 1 atom stereocenters. The topological polar surface area (TPSA) is 76.9 Å². The van der Waals surface area contributed by atoms with Gasteiger partial charge in [0.25, 0.3) is 0 Å². The van der Waals surface area contributed by atoms with E-state index in [1.807, 2.05) is 29.8 Å². The molecule has 0 bridgehead atoms. The Morgan fingerprint density at radius 2 is 2.08 bits per heavy atom. The third kappa shape index (κ3) is 2.78. The van der Waals surface area contributed by atoms with Crippen LogP contribution in [0.2, 0.25) is 0 Å². The monoisotopic (exact) mass is 344 g/mol. The molecule has 2 aliphatic rings. The molecule has 1 aliphatic heterocycles. The molecule has 4 rings (SSSR count). The quantitative estimate of drug-likeness (QED) is 0.927. The van der Waals surface area contributed by atoms with E-state index in [1.54, 1.807) is 6.08 Å². The van der Waals surface area contributed by atoms with Crippen LogP contribution in [0.3, 0.4) is 0 Å². The highest BCUT2D eigenvalue weighted by Gasteiger charge is 2.30. The Bertz CT molecular complexity index is 914. The number of fused-ring (bicyclic) bond motifs is 2. The van der Waals surface area contributed by atoms with Crippen molar-refractivity contribution in [2.24, 2.45) is 0 Å². The van der Waals surface area contributed by atoms with Crippen LogP contribution in [0, 0.1) is 6.92 Å². The van der Waals surface area contributed by atoms with E-state index in [1.165, 1.54) is 5.56 Å². The lowest BCUT2D eigenvalue weighted by Crippen LogP contribution is -2.34. The molecule has 2 heterocycles. The smallest absolute Gasteiger partial charge is 0.237 e. The summed E-state index contributed by atoms with van der Waals surface area (Å²) in [6.45, 7) is 2.63. The molecule has 1 aliphatic carbocycles. The second-order valence-electron chi connectivity index (χ2n) is 6.37. The average molecular weight is 344 g/mol. The van der Waals surface area contributed by atoms with Gasteiger partial charge in [-0.2, -0.15) is 5.10 Å². The van der Waals surface area contributed by atoms with Gasteiger partial charge in [-0.1, -0.05) is 24.3 Å². The third-order valence-corrected chi connectivity index (χ3v) is 6.24. The highest BCUT2D eigenvalue weighted by molar-refractivity contribution is 7.93. The van der Waals surface area contributed by atoms with Gasteiger partial charge in [0, 0.05) is 6.54 Å². The number of allylic oxidation sites excluding steroid dienone is 1. The van der Waals surface area contributed by atoms with Crippen LogP contribution in [0.25, 0.3) is 6.08 Å². The van der Waals surface area contributed by atoms with Crippen LogP contribution in [0.15, 0.2) is 29.2 Å². The van der Waals surface area contributed by atoms with Crippen LogP contribution in [0.5, 0.6) is 0 Å². The van der Waals surface area contributed by atoms with Gasteiger partial charge in [-0.3, -0.25) is 0 Å². The lowest BCUT2D eigenvalue weighted by atomic mass is 9.98. The number of sulfonamides is 1. The van der Waals surface area contributed by atoms with Crippen molar-refractivity contribution in [1.82, 2.24) is 19.5 Å². The van der Waals surface area contributed by atoms with Crippen molar-refractivity contribution in [2.45, 2.75) is 45.2 Å². The zero-order valence-corrected chi connectivity index (χ0v) is 14.4. The van der Waals surface area contributed by atoms with Crippen LogP contribution in [-0.2, 0) is 23.0 Å². The fourth-order valence-electron chi connectivity index (χ4n) is 3.46. The fourth-order valence-corrected chi connectivity index (χ4v) is 4.86. The van der Waals surface area contributed by atoms with Gasteiger partial charge in [0.15, 0.2) is 0 Å². The van der Waals surface area contributed by atoms with Crippen molar-refractivity contribution >= 4 is 16.1 Å². The molecule has 1 N–H and O–H groups in total. The van der Waals surface area contributed by atoms with E-state index in [0.717, 1.165) is 37.2 Å². The standard InChI is InChI=1S/C17H20N4O2S/c1-12-18-17-16(7-4-10-21(17)19-12)20-24(22,23)15-9-8-13-5-2-3-6-14(13)11-15/h2-3,5-6,11,16,20H,4,7-10H2,1H3/t16-/m0/s1. The Balaban J connectivity index is 1.62. The van der Waals surface area contributed by atoms with E-state index in [-0.39, 0.29) is 6.04 Å². The number of aromatic nitrogens is 3. The van der Waals surface area contributed by atoms with Crippen molar-refractivity contribution in [2.75, 3.05) is 0 Å². The summed E-state index contributed by atoms with van der Waals surface area (Å²) in [6, 6.07) is 7.63. The van der Waals surface area contributed by atoms with Gasteiger partial charge in [-0.05, 0) is 49.8 Å². The minimum absolute atomic E-state index is 0.303. The highest BCUT2D eigenvalue weighted by atomic mass is 32.2. The van der Waals surface area contributed by atoms with Crippen molar-refractivity contribution in [3.8, 4) is 0 Å². The van der Waals surface area contributed by atoms with Crippen LogP contribution in [-0.4, -0.2) is 23.2 Å². The van der Waals surface area contributed by atoms with E-state index in [4.69, 9.17) is 0 Å². The molecule has 1 aromatic carbocycles. The van der Waals surface area contributed by atoms with E-state index < -0.39 is 10.0 Å². The molecule has 24 heavy (non-hydrogen) atoms. The zero-order chi connectivity index (χ0) is 16.7. The lowest BCUT2D eigenvalue weighted by Gasteiger charge is -2.24. The van der Waals surface area contributed by atoms with Crippen molar-refractivity contribution < 1.29 is 8.42 Å². The molecule has 0 fully saturated rings. The first-order valence-corrected chi connectivity index (χ1v) is 9.73. The van der Waals surface area contributed by atoms with E-state index in [2.05, 4.69) is 20.9 Å². The van der Waals surface area contributed by atoms with Gasteiger partial charge in [0.05, 0.1) is 10.9 Å². The Morgan fingerprint density at radius 3 is 2.96 bits per heavy atom. The minimum atomic E-state index is -3.53. The van der Waals surface area contributed by atoms with Gasteiger partial charge in [0.1, 0.15) is 11.6 Å². The first-order chi connectivity index (χ1) is 11.5. The maximum atomic E-state index is 12.8. The Labute approximate surface area is 141 Å². The van der Waals surface area contributed by atoms with E-state index in [9.17, 15) is 8.42 Å². The van der Waals surface area contributed by atoms with Crippen molar-refractivity contribution in [1.29, 1.82) is 0 Å². The molecule has 0 saturated heterocycles. The fraction of sp³-hybridized carbons (Fsp3) is 0.412. The maximum absolute atomic E-state index is 12.8. The second kappa shape index (κ2) is 5.82. The molecule has 0 unspecified atom stereocenters. The van der Waals surface area contributed by atoms with Gasteiger partial charge in [-0.15, -0.1) is 0 Å². The van der Waals surface area contributed by atoms with Crippen molar-refractivity contribution in [3.05, 3.63) is 51.9 Å². The summed E-state index contributed by atoms with van der Waals surface area (Å²) in [7, 11) is -3.53. The number of nitrogens with zero attached hydrogens (tertiary/aromatic N) is 3. The summed E-state index contributed by atoms with van der Waals surface area (Å²) in [6.07, 6.45) is 4.72. The molecule has 0 saturated carbocycles. The SMILES string of the molecule is Cc1nc2n(n1)CCC[C@@H]2NS(=O)(=O)C1=Cc2ccccc2CC1. The van der Waals surface area contributed by atoms with Gasteiger partial charge in [0.2, 0.25) is 10.0 Å². The van der Waals surface area contributed by atoms with Crippen LogP contribution >= 0.6 is 0 Å². The Kier molecular flexibility index (Phi) is 3.77. The number of aryl methyl sites for hydroxylation is 3. The molecule has 0 amide bonds. The number of hydrogen-bond donors (Lipinski definition) is 1. The number of benzene rings is 1. The second-order valence-corrected chi connectivity index (χ2v) is 8.13. The molecule has 126 valence electrons. The highest BCUT2D eigenvalue weighted by Crippen LogP contribution is 2.29. The molecule has 0 radical (unpaired) electrons. The predicted octanol–water partition coefficient (Wildman–Crippen LogP) is 2.33. The summed E-state index contributed by atoms with van der Waals surface area (Å²) in [4.78, 5) is 4.86. The first-order valence-electron chi connectivity index (χ1n) is 8.25. The number of hydrogen-bond acceptors (Lipinski definition) is 4. The van der Waals surface area contributed by atoms with Crippen molar-refractivity contribution in [3.63, 3.8) is 0 Å². The predicted molar refractivity (Wildman–Crippen MR) is 91.5 cm³/mol. The summed E-state index contributed by atoms with van der Waals surface area (Å²) in [5.74, 6) is 1.40. The molecular weight excluding hydrogens is 324 g/mol. The molecule has 7 heteroatoms. The summed E-state index contributed by atoms with van der Waals surface area (Å²) in [5.41, 5.74) is 2.19.